The van der Waals surface area contributed by atoms with Gasteiger partial charge in [-0.05, 0) is 35.0 Å². The predicted octanol–water partition coefficient (Wildman–Crippen LogP) is 4.35. The summed E-state index contributed by atoms with van der Waals surface area (Å²) in [6.45, 7) is 2.15. The molecule has 19 heavy (non-hydrogen) atoms. The molecule has 0 aliphatic carbocycles. The van der Waals surface area contributed by atoms with Crippen molar-refractivity contribution in [2.24, 2.45) is 0 Å². The summed E-state index contributed by atoms with van der Waals surface area (Å²) in [5, 5.41) is 12.5. The first-order valence-electron chi connectivity index (χ1n) is 5.64. The SMILES string of the molecule is Cc1ccc(O)c(CNc2cc(Br)c(F)cc2F)c1. The minimum absolute atomic E-state index is 0.139. The van der Waals surface area contributed by atoms with Gasteiger partial charge in [-0.15, -0.1) is 0 Å². The second-order valence-electron chi connectivity index (χ2n) is 4.23. The van der Waals surface area contributed by atoms with Crippen molar-refractivity contribution < 1.29 is 13.9 Å². The molecule has 0 saturated carbocycles. The third-order valence-corrected chi connectivity index (χ3v) is 3.32. The van der Waals surface area contributed by atoms with E-state index in [1.165, 1.54) is 6.07 Å². The maximum atomic E-state index is 13.5. The van der Waals surface area contributed by atoms with Crippen LogP contribution in [0.2, 0.25) is 0 Å². The zero-order valence-corrected chi connectivity index (χ0v) is 11.8. The summed E-state index contributed by atoms with van der Waals surface area (Å²) in [5.41, 5.74) is 1.82. The van der Waals surface area contributed by atoms with Gasteiger partial charge in [-0.3, -0.25) is 0 Å². The van der Waals surface area contributed by atoms with Crippen molar-refractivity contribution in [2.75, 3.05) is 5.32 Å². The van der Waals surface area contributed by atoms with Crippen molar-refractivity contribution >= 4 is 21.6 Å². The van der Waals surface area contributed by atoms with Crippen LogP contribution < -0.4 is 5.32 Å². The largest absolute Gasteiger partial charge is 0.508 e. The smallest absolute Gasteiger partial charge is 0.149 e. The first kappa shape index (κ1) is 13.8. The Labute approximate surface area is 118 Å². The van der Waals surface area contributed by atoms with Gasteiger partial charge in [0.05, 0.1) is 10.2 Å². The molecular formula is C14H12BrF2NO. The Kier molecular flexibility index (Phi) is 4.04. The lowest BCUT2D eigenvalue weighted by molar-refractivity contribution is 0.469. The second kappa shape index (κ2) is 5.57. The number of phenols is 1. The maximum absolute atomic E-state index is 13.5. The van der Waals surface area contributed by atoms with E-state index < -0.39 is 11.6 Å². The molecule has 0 unspecified atom stereocenters. The summed E-state index contributed by atoms with van der Waals surface area (Å²) in [6.07, 6.45) is 0. The summed E-state index contributed by atoms with van der Waals surface area (Å²) in [5.74, 6) is -1.19. The highest BCUT2D eigenvalue weighted by atomic mass is 79.9. The molecule has 2 aromatic rings. The molecule has 0 aliphatic heterocycles. The summed E-state index contributed by atoms with van der Waals surface area (Å²) >= 11 is 3.00. The Morgan fingerprint density at radius 3 is 2.63 bits per heavy atom. The average molecular weight is 328 g/mol. The van der Waals surface area contributed by atoms with E-state index >= 15 is 0 Å². The van der Waals surface area contributed by atoms with E-state index in [0.717, 1.165) is 11.6 Å². The van der Waals surface area contributed by atoms with Crippen LogP contribution in [0.3, 0.4) is 0 Å². The van der Waals surface area contributed by atoms with Gasteiger partial charge in [0.15, 0.2) is 0 Å². The highest BCUT2D eigenvalue weighted by Crippen LogP contribution is 2.25. The zero-order chi connectivity index (χ0) is 14.0. The molecule has 5 heteroatoms. The number of hydrogen-bond acceptors (Lipinski definition) is 2. The van der Waals surface area contributed by atoms with Crippen molar-refractivity contribution in [3.63, 3.8) is 0 Å². The summed E-state index contributed by atoms with van der Waals surface area (Å²) < 4.78 is 26.8. The highest BCUT2D eigenvalue weighted by Gasteiger charge is 2.09. The van der Waals surface area contributed by atoms with Crippen LogP contribution in [0.25, 0.3) is 0 Å². The number of nitrogens with one attached hydrogen (secondary N) is 1. The molecule has 0 saturated heterocycles. The summed E-state index contributed by atoms with van der Waals surface area (Å²) in [7, 11) is 0. The van der Waals surface area contributed by atoms with Gasteiger partial charge in [0, 0.05) is 18.2 Å². The lowest BCUT2D eigenvalue weighted by atomic mass is 10.1. The molecule has 2 aromatic carbocycles. The van der Waals surface area contributed by atoms with Crippen LogP contribution in [0.4, 0.5) is 14.5 Å². The van der Waals surface area contributed by atoms with E-state index in [4.69, 9.17) is 0 Å². The minimum atomic E-state index is -0.673. The lowest BCUT2D eigenvalue weighted by Crippen LogP contribution is -2.02. The third-order valence-electron chi connectivity index (χ3n) is 2.71. The topological polar surface area (TPSA) is 32.3 Å². The second-order valence-corrected chi connectivity index (χ2v) is 5.09. The molecular weight excluding hydrogens is 316 g/mol. The first-order valence-corrected chi connectivity index (χ1v) is 6.43. The van der Waals surface area contributed by atoms with Crippen LogP contribution in [-0.4, -0.2) is 5.11 Å². The van der Waals surface area contributed by atoms with E-state index in [2.05, 4.69) is 21.2 Å². The normalized spacial score (nSPS) is 10.5. The molecule has 0 fully saturated rings. The molecule has 0 radical (unpaired) electrons. The van der Waals surface area contributed by atoms with Crippen LogP contribution in [-0.2, 0) is 6.54 Å². The zero-order valence-electron chi connectivity index (χ0n) is 10.2. The van der Waals surface area contributed by atoms with Gasteiger partial charge in [-0.1, -0.05) is 17.7 Å². The molecule has 0 atom stereocenters. The van der Waals surface area contributed by atoms with Crippen molar-refractivity contribution in [3.8, 4) is 5.75 Å². The number of benzene rings is 2. The molecule has 0 aromatic heterocycles. The monoisotopic (exact) mass is 327 g/mol. The van der Waals surface area contributed by atoms with E-state index in [-0.39, 0.29) is 22.5 Å². The molecule has 2 nitrogen and oxygen atoms in total. The molecule has 0 bridgehead atoms. The van der Waals surface area contributed by atoms with Crippen molar-refractivity contribution in [1.82, 2.24) is 0 Å². The Morgan fingerprint density at radius 1 is 1.16 bits per heavy atom. The average Bonchev–Trinajstić information content (AvgIpc) is 2.36. The van der Waals surface area contributed by atoms with Crippen molar-refractivity contribution in [2.45, 2.75) is 13.5 Å². The Morgan fingerprint density at radius 2 is 1.89 bits per heavy atom. The van der Waals surface area contributed by atoms with E-state index in [1.54, 1.807) is 18.2 Å². The van der Waals surface area contributed by atoms with Crippen molar-refractivity contribution in [3.05, 3.63) is 57.6 Å². The van der Waals surface area contributed by atoms with Gasteiger partial charge in [0.25, 0.3) is 0 Å². The van der Waals surface area contributed by atoms with E-state index in [1.807, 2.05) is 6.92 Å². The fourth-order valence-corrected chi connectivity index (χ4v) is 2.05. The Hall–Kier alpha value is -1.62. The fourth-order valence-electron chi connectivity index (χ4n) is 1.70. The molecule has 0 heterocycles. The number of rotatable bonds is 3. The Balaban J connectivity index is 2.19. The number of halogens is 3. The van der Waals surface area contributed by atoms with Gasteiger partial charge in [0.1, 0.15) is 17.4 Å². The fraction of sp³-hybridized carbons (Fsp3) is 0.143. The lowest BCUT2D eigenvalue weighted by Gasteiger charge is -2.10. The minimum Gasteiger partial charge on any atom is -0.508 e. The number of aromatic hydroxyl groups is 1. The standard InChI is InChI=1S/C14H12BrF2NO/c1-8-2-3-14(19)9(4-8)7-18-13-5-10(15)11(16)6-12(13)17/h2-6,18-19H,7H2,1H3. The van der Waals surface area contributed by atoms with Gasteiger partial charge < -0.3 is 10.4 Å². The number of hydrogen-bond donors (Lipinski definition) is 2. The van der Waals surface area contributed by atoms with E-state index in [0.29, 0.717) is 5.56 Å². The molecule has 2 rings (SSSR count). The quantitative estimate of drug-likeness (QED) is 0.821. The van der Waals surface area contributed by atoms with Crippen molar-refractivity contribution in [1.29, 1.82) is 0 Å². The number of phenolic OH excluding ortho intramolecular Hbond substituents is 1. The first-order chi connectivity index (χ1) is 8.97. The summed E-state index contributed by atoms with van der Waals surface area (Å²) in [6, 6.07) is 7.32. The number of aryl methyl sites for hydroxylation is 1. The van der Waals surface area contributed by atoms with E-state index in [9.17, 15) is 13.9 Å². The number of anilines is 1. The summed E-state index contributed by atoms with van der Waals surface area (Å²) in [4.78, 5) is 0. The van der Waals surface area contributed by atoms with Crippen LogP contribution in [0.15, 0.2) is 34.8 Å². The van der Waals surface area contributed by atoms with Crippen LogP contribution in [0.1, 0.15) is 11.1 Å². The molecule has 0 aliphatic rings. The molecule has 0 spiro atoms. The molecule has 2 N–H and O–H groups in total. The maximum Gasteiger partial charge on any atom is 0.149 e. The van der Waals surface area contributed by atoms with Crippen LogP contribution in [0.5, 0.6) is 5.75 Å². The Bertz CT molecular complexity index is 617. The third kappa shape index (κ3) is 3.23. The molecule has 0 amide bonds. The highest BCUT2D eigenvalue weighted by molar-refractivity contribution is 9.10. The van der Waals surface area contributed by atoms with Crippen LogP contribution in [0, 0.1) is 18.6 Å². The van der Waals surface area contributed by atoms with Gasteiger partial charge in [0.2, 0.25) is 0 Å². The van der Waals surface area contributed by atoms with Gasteiger partial charge in [-0.2, -0.15) is 0 Å². The predicted molar refractivity (Wildman–Crippen MR) is 74.2 cm³/mol. The van der Waals surface area contributed by atoms with Gasteiger partial charge >= 0.3 is 0 Å². The van der Waals surface area contributed by atoms with Crippen LogP contribution >= 0.6 is 15.9 Å². The molecule has 100 valence electrons. The van der Waals surface area contributed by atoms with Gasteiger partial charge in [-0.25, -0.2) is 8.78 Å².